The molecule has 1 aliphatic heterocycles. The van der Waals surface area contributed by atoms with Crippen molar-refractivity contribution in [2.45, 2.75) is 39.2 Å². The van der Waals surface area contributed by atoms with Gasteiger partial charge in [0.25, 0.3) is 0 Å². The first-order valence-corrected chi connectivity index (χ1v) is 6.55. The van der Waals surface area contributed by atoms with Gasteiger partial charge in [-0.25, -0.2) is 0 Å². The molecule has 1 heterocycles. The van der Waals surface area contributed by atoms with Gasteiger partial charge >= 0.3 is 0 Å². The van der Waals surface area contributed by atoms with Gasteiger partial charge in [-0.2, -0.15) is 0 Å². The number of aryl methyl sites for hydroxylation is 2. The van der Waals surface area contributed by atoms with Crippen LogP contribution in [0.5, 0.6) is 0 Å². The zero-order valence-corrected chi connectivity index (χ0v) is 11.5. The van der Waals surface area contributed by atoms with E-state index in [9.17, 15) is 0 Å². The zero-order chi connectivity index (χ0) is 12.5. The normalized spacial score (nSPS) is 19.4. The van der Waals surface area contributed by atoms with Crippen LogP contribution in [0.1, 0.15) is 30.9 Å². The molecule has 1 aliphatic rings. The molecular weight excluding hydrogens is 208 g/mol. The van der Waals surface area contributed by atoms with Crippen molar-refractivity contribution in [3.05, 3.63) is 29.3 Å². The Bertz CT molecular complexity index is 390. The number of hydrogen-bond acceptors (Lipinski definition) is 2. The van der Waals surface area contributed by atoms with Crippen molar-refractivity contribution in [2.24, 2.45) is 0 Å². The van der Waals surface area contributed by atoms with Crippen LogP contribution in [0.4, 0.5) is 5.69 Å². The standard InChI is InChI=1S/C15H24N2/c1-12-5-6-14(13(2)11-12)17-9-7-15(3,16-4)8-10-17/h5-6,11,16H,7-10H2,1-4H3. The second-order valence-electron chi connectivity index (χ2n) is 5.59. The molecule has 0 aliphatic carbocycles. The van der Waals surface area contributed by atoms with Crippen molar-refractivity contribution in [3.8, 4) is 0 Å². The largest absolute Gasteiger partial charge is 0.371 e. The number of nitrogens with one attached hydrogen (secondary N) is 1. The summed E-state index contributed by atoms with van der Waals surface area (Å²) in [4.78, 5) is 2.52. The van der Waals surface area contributed by atoms with Crippen LogP contribution >= 0.6 is 0 Å². The fourth-order valence-electron chi connectivity index (χ4n) is 2.65. The van der Waals surface area contributed by atoms with E-state index in [1.165, 1.54) is 29.7 Å². The summed E-state index contributed by atoms with van der Waals surface area (Å²) in [5, 5.41) is 3.45. The topological polar surface area (TPSA) is 15.3 Å². The Morgan fingerprint density at radius 2 is 1.82 bits per heavy atom. The molecule has 1 N–H and O–H groups in total. The first-order chi connectivity index (χ1) is 8.04. The molecule has 1 fully saturated rings. The zero-order valence-electron chi connectivity index (χ0n) is 11.5. The molecule has 1 aromatic rings. The maximum Gasteiger partial charge on any atom is 0.0396 e. The smallest absolute Gasteiger partial charge is 0.0396 e. The highest BCUT2D eigenvalue weighted by molar-refractivity contribution is 5.54. The van der Waals surface area contributed by atoms with E-state index in [0.717, 1.165) is 13.1 Å². The van der Waals surface area contributed by atoms with Gasteiger partial charge < -0.3 is 10.2 Å². The Morgan fingerprint density at radius 3 is 2.35 bits per heavy atom. The minimum absolute atomic E-state index is 0.328. The summed E-state index contributed by atoms with van der Waals surface area (Å²) in [5.41, 5.74) is 4.49. The van der Waals surface area contributed by atoms with Gasteiger partial charge in [0.1, 0.15) is 0 Å². The first kappa shape index (κ1) is 12.4. The van der Waals surface area contributed by atoms with Crippen molar-refractivity contribution in [2.75, 3.05) is 25.0 Å². The van der Waals surface area contributed by atoms with Gasteiger partial charge in [0.2, 0.25) is 0 Å². The quantitative estimate of drug-likeness (QED) is 0.843. The molecule has 0 radical (unpaired) electrons. The number of benzene rings is 1. The third-order valence-electron chi connectivity index (χ3n) is 4.16. The lowest BCUT2D eigenvalue weighted by molar-refractivity contribution is 0.305. The second kappa shape index (κ2) is 4.69. The molecule has 0 aromatic heterocycles. The van der Waals surface area contributed by atoms with Crippen LogP contribution in [0.2, 0.25) is 0 Å². The van der Waals surface area contributed by atoms with Gasteiger partial charge in [-0.1, -0.05) is 17.7 Å². The Hall–Kier alpha value is -1.02. The Kier molecular flexibility index (Phi) is 3.43. The molecular formula is C15H24N2. The lowest BCUT2D eigenvalue weighted by atomic mass is 9.89. The average Bonchev–Trinajstić information content (AvgIpc) is 2.31. The van der Waals surface area contributed by atoms with Gasteiger partial charge in [-0.3, -0.25) is 0 Å². The predicted octanol–water partition coefficient (Wildman–Crippen LogP) is 2.88. The molecule has 1 aromatic carbocycles. The SMILES string of the molecule is CNC1(C)CCN(c2ccc(C)cc2C)CC1. The van der Waals surface area contributed by atoms with Gasteiger partial charge in [-0.15, -0.1) is 0 Å². The summed E-state index contributed by atoms with van der Waals surface area (Å²) in [5.74, 6) is 0. The predicted molar refractivity (Wildman–Crippen MR) is 74.8 cm³/mol. The van der Waals surface area contributed by atoms with Crippen LogP contribution in [-0.2, 0) is 0 Å². The summed E-state index contributed by atoms with van der Waals surface area (Å²) in [6.07, 6.45) is 2.44. The molecule has 0 saturated carbocycles. The highest BCUT2D eigenvalue weighted by atomic mass is 15.2. The van der Waals surface area contributed by atoms with E-state index in [1.807, 2.05) is 0 Å². The molecule has 0 amide bonds. The summed E-state index contributed by atoms with van der Waals surface area (Å²) in [6, 6.07) is 6.77. The lowest BCUT2D eigenvalue weighted by Crippen LogP contribution is -2.50. The Morgan fingerprint density at radius 1 is 1.18 bits per heavy atom. The van der Waals surface area contributed by atoms with Crippen LogP contribution < -0.4 is 10.2 Å². The first-order valence-electron chi connectivity index (χ1n) is 6.55. The van der Waals surface area contributed by atoms with Crippen molar-refractivity contribution in [3.63, 3.8) is 0 Å². The van der Waals surface area contributed by atoms with E-state index in [2.05, 4.69) is 56.2 Å². The molecule has 17 heavy (non-hydrogen) atoms. The van der Waals surface area contributed by atoms with Crippen molar-refractivity contribution < 1.29 is 0 Å². The van der Waals surface area contributed by atoms with E-state index in [-0.39, 0.29) is 0 Å². The van der Waals surface area contributed by atoms with E-state index >= 15 is 0 Å². The minimum atomic E-state index is 0.328. The number of piperidine rings is 1. The van der Waals surface area contributed by atoms with E-state index in [0.29, 0.717) is 5.54 Å². The average molecular weight is 232 g/mol. The summed E-state index contributed by atoms with van der Waals surface area (Å²) < 4.78 is 0. The maximum absolute atomic E-state index is 3.45. The maximum atomic E-state index is 3.45. The van der Waals surface area contributed by atoms with Crippen LogP contribution in [0.15, 0.2) is 18.2 Å². The minimum Gasteiger partial charge on any atom is -0.371 e. The van der Waals surface area contributed by atoms with Crippen LogP contribution in [0.25, 0.3) is 0 Å². The molecule has 0 bridgehead atoms. The second-order valence-corrected chi connectivity index (χ2v) is 5.59. The molecule has 0 unspecified atom stereocenters. The lowest BCUT2D eigenvalue weighted by Gasteiger charge is -2.41. The fraction of sp³-hybridized carbons (Fsp3) is 0.600. The fourth-order valence-corrected chi connectivity index (χ4v) is 2.65. The summed E-state index contributed by atoms with van der Waals surface area (Å²) in [6.45, 7) is 9.01. The van der Waals surface area contributed by atoms with Gasteiger partial charge in [0, 0.05) is 24.3 Å². The van der Waals surface area contributed by atoms with E-state index < -0.39 is 0 Å². The number of anilines is 1. The molecule has 94 valence electrons. The van der Waals surface area contributed by atoms with Crippen molar-refractivity contribution >= 4 is 5.69 Å². The van der Waals surface area contributed by atoms with Gasteiger partial charge in [0.05, 0.1) is 0 Å². The van der Waals surface area contributed by atoms with Crippen LogP contribution in [-0.4, -0.2) is 25.7 Å². The van der Waals surface area contributed by atoms with Gasteiger partial charge in [-0.05, 0) is 52.3 Å². The monoisotopic (exact) mass is 232 g/mol. The molecule has 0 atom stereocenters. The van der Waals surface area contributed by atoms with Crippen LogP contribution in [0, 0.1) is 13.8 Å². The Labute approximate surface area is 105 Å². The van der Waals surface area contributed by atoms with Gasteiger partial charge in [0.15, 0.2) is 0 Å². The number of hydrogen-bond donors (Lipinski definition) is 1. The number of rotatable bonds is 2. The Balaban J connectivity index is 2.10. The molecule has 0 spiro atoms. The van der Waals surface area contributed by atoms with Crippen LogP contribution in [0.3, 0.4) is 0 Å². The highest BCUT2D eigenvalue weighted by Gasteiger charge is 2.28. The summed E-state index contributed by atoms with van der Waals surface area (Å²) >= 11 is 0. The highest BCUT2D eigenvalue weighted by Crippen LogP contribution is 2.28. The van der Waals surface area contributed by atoms with Crippen molar-refractivity contribution in [1.82, 2.24) is 5.32 Å². The molecule has 2 heteroatoms. The van der Waals surface area contributed by atoms with E-state index in [4.69, 9.17) is 0 Å². The summed E-state index contributed by atoms with van der Waals surface area (Å²) in [7, 11) is 2.08. The third-order valence-corrected chi connectivity index (χ3v) is 4.16. The molecule has 2 rings (SSSR count). The van der Waals surface area contributed by atoms with E-state index in [1.54, 1.807) is 0 Å². The molecule has 1 saturated heterocycles. The van der Waals surface area contributed by atoms with Crippen molar-refractivity contribution in [1.29, 1.82) is 0 Å². The molecule has 2 nitrogen and oxygen atoms in total. The number of nitrogens with zero attached hydrogens (tertiary/aromatic N) is 1. The third kappa shape index (κ3) is 2.63.